The second-order valence-corrected chi connectivity index (χ2v) is 7.02. The van der Waals surface area contributed by atoms with Gasteiger partial charge in [-0.1, -0.05) is 30.3 Å². The molecule has 0 N–H and O–H groups in total. The topological polar surface area (TPSA) is 90.2 Å². The first-order chi connectivity index (χ1) is 14.7. The second kappa shape index (κ2) is 8.86. The van der Waals surface area contributed by atoms with Gasteiger partial charge < -0.3 is 9.64 Å². The van der Waals surface area contributed by atoms with E-state index in [1.54, 1.807) is 11.8 Å². The molecule has 0 saturated heterocycles. The van der Waals surface area contributed by atoms with Crippen LogP contribution in [0, 0.1) is 0 Å². The Morgan fingerprint density at radius 1 is 1.17 bits per heavy atom. The highest BCUT2D eigenvalue weighted by molar-refractivity contribution is 5.93. The van der Waals surface area contributed by atoms with Gasteiger partial charge in [0.05, 0.1) is 19.3 Å². The summed E-state index contributed by atoms with van der Waals surface area (Å²) in [4.78, 5) is 35.1. The van der Waals surface area contributed by atoms with Crippen molar-refractivity contribution in [2.24, 2.45) is 0 Å². The summed E-state index contributed by atoms with van der Waals surface area (Å²) in [7, 11) is 0. The molecule has 4 rings (SSSR count). The quantitative estimate of drug-likeness (QED) is 0.585. The van der Waals surface area contributed by atoms with Gasteiger partial charge in [0.25, 0.3) is 5.91 Å². The molecular formula is C22H23N5O3. The first-order valence-electron chi connectivity index (χ1n) is 10.0. The minimum absolute atomic E-state index is 0.208. The largest absolute Gasteiger partial charge is 0.461 e. The van der Waals surface area contributed by atoms with Crippen LogP contribution < -0.4 is 0 Å². The van der Waals surface area contributed by atoms with Crippen molar-refractivity contribution >= 4 is 11.9 Å². The van der Waals surface area contributed by atoms with Gasteiger partial charge in [0.1, 0.15) is 5.69 Å². The van der Waals surface area contributed by atoms with Crippen molar-refractivity contribution in [3.05, 3.63) is 77.1 Å². The fourth-order valence-corrected chi connectivity index (χ4v) is 3.66. The summed E-state index contributed by atoms with van der Waals surface area (Å²) in [6.07, 6.45) is 5.89. The lowest BCUT2D eigenvalue weighted by Crippen LogP contribution is -2.37. The van der Waals surface area contributed by atoms with Gasteiger partial charge in [-0.05, 0) is 18.9 Å². The molecule has 1 aliphatic rings. The molecule has 0 saturated carbocycles. The van der Waals surface area contributed by atoms with Crippen LogP contribution in [0.4, 0.5) is 0 Å². The predicted octanol–water partition coefficient (Wildman–Crippen LogP) is 2.29. The van der Waals surface area contributed by atoms with Crippen molar-refractivity contribution in [1.29, 1.82) is 0 Å². The lowest BCUT2D eigenvalue weighted by Gasteiger charge is -2.27. The zero-order chi connectivity index (χ0) is 20.9. The summed E-state index contributed by atoms with van der Waals surface area (Å²) in [5.74, 6) is -0.665. The molecule has 0 unspecified atom stereocenters. The number of fused-ring (bicyclic) bond motifs is 1. The van der Waals surface area contributed by atoms with E-state index in [-0.39, 0.29) is 23.9 Å². The van der Waals surface area contributed by atoms with Gasteiger partial charge in [-0.3, -0.25) is 14.5 Å². The number of rotatable bonds is 6. The summed E-state index contributed by atoms with van der Waals surface area (Å²) < 4.78 is 7.10. The first-order valence-corrected chi connectivity index (χ1v) is 10.0. The molecule has 0 bridgehead atoms. The maximum absolute atomic E-state index is 12.8. The average Bonchev–Trinajstić information content (AvgIpc) is 3.16. The van der Waals surface area contributed by atoms with Gasteiger partial charge in [-0.2, -0.15) is 5.10 Å². The Hall–Kier alpha value is -3.55. The number of aromatic nitrogens is 4. The molecule has 2 aromatic heterocycles. The third kappa shape index (κ3) is 4.07. The molecule has 1 aromatic carbocycles. The van der Waals surface area contributed by atoms with Crippen LogP contribution in [0.3, 0.4) is 0 Å². The number of amides is 1. The Labute approximate surface area is 174 Å². The number of hydrogen-bond acceptors (Lipinski definition) is 6. The lowest BCUT2D eigenvalue weighted by molar-refractivity contribution is 0.0513. The summed E-state index contributed by atoms with van der Waals surface area (Å²) in [5.41, 5.74) is 3.52. The molecule has 30 heavy (non-hydrogen) atoms. The van der Waals surface area contributed by atoms with Crippen molar-refractivity contribution in [1.82, 2.24) is 24.6 Å². The van der Waals surface area contributed by atoms with E-state index in [2.05, 4.69) is 27.2 Å². The van der Waals surface area contributed by atoms with Gasteiger partial charge in [0, 0.05) is 43.2 Å². The minimum atomic E-state index is -0.457. The summed E-state index contributed by atoms with van der Waals surface area (Å²) in [5, 5.41) is 4.57. The molecule has 3 aromatic rings. The van der Waals surface area contributed by atoms with E-state index in [1.165, 1.54) is 24.2 Å². The molecule has 1 aliphatic heterocycles. The highest BCUT2D eigenvalue weighted by atomic mass is 16.5. The van der Waals surface area contributed by atoms with E-state index in [4.69, 9.17) is 4.74 Å². The average molecular weight is 405 g/mol. The molecular weight excluding hydrogens is 382 g/mol. The Bertz CT molecular complexity index is 1030. The SMILES string of the molecule is CCOC(=O)c1nn(CCc2ccccc2)c2c1CN(C(=O)c1cnccn1)CC2. The number of esters is 1. The van der Waals surface area contributed by atoms with Crippen LogP contribution in [-0.2, 0) is 30.7 Å². The lowest BCUT2D eigenvalue weighted by atomic mass is 10.0. The second-order valence-electron chi connectivity index (χ2n) is 7.02. The molecule has 8 heteroatoms. The Kier molecular flexibility index (Phi) is 5.83. The van der Waals surface area contributed by atoms with Crippen LogP contribution in [0.5, 0.6) is 0 Å². The van der Waals surface area contributed by atoms with Crippen molar-refractivity contribution in [2.45, 2.75) is 32.9 Å². The number of hydrogen-bond donors (Lipinski definition) is 0. The van der Waals surface area contributed by atoms with Gasteiger partial charge in [-0.15, -0.1) is 0 Å². The molecule has 0 spiro atoms. The molecule has 0 fully saturated rings. The molecule has 1 amide bonds. The first kappa shape index (κ1) is 19.8. The molecule has 0 aliphatic carbocycles. The Balaban J connectivity index is 1.60. The number of carbonyl (C=O) groups excluding carboxylic acids is 2. The highest BCUT2D eigenvalue weighted by Crippen LogP contribution is 2.25. The van der Waals surface area contributed by atoms with E-state index < -0.39 is 5.97 Å². The van der Waals surface area contributed by atoms with Crippen molar-refractivity contribution in [2.75, 3.05) is 13.2 Å². The van der Waals surface area contributed by atoms with Gasteiger partial charge in [0.2, 0.25) is 0 Å². The maximum Gasteiger partial charge on any atom is 0.359 e. The van der Waals surface area contributed by atoms with Crippen molar-refractivity contribution in [3.8, 4) is 0 Å². The summed E-state index contributed by atoms with van der Waals surface area (Å²) in [6.45, 7) is 3.52. The Morgan fingerprint density at radius 2 is 2.00 bits per heavy atom. The van der Waals surface area contributed by atoms with E-state index in [9.17, 15) is 9.59 Å². The predicted molar refractivity (Wildman–Crippen MR) is 109 cm³/mol. The number of nitrogens with zero attached hydrogens (tertiary/aromatic N) is 5. The fraction of sp³-hybridized carbons (Fsp3) is 0.318. The standard InChI is InChI=1S/C22H23N5O3/c1-2-30-22(29)20-17-15-26(21(28)18-14-23-10-11-24-18)12-9-19(17)27(25-20)13-8-16-6-4-3-5-7-16/h3-7,10-11,14H,2,8-9,12-13,15H2,1H3. The maximum atomic E-state index is 12.8. The van der Waals surface area contributed by atoms with Gasteiger partial charge in [0.15, 0.2) is 5.69 Å². The summed E-state index contributed by atoms with van der Waals surface area (Å²) >= 11 is 0. The van der Waals surface area contributed by atoms with E-state index in [1.807, 2.05) is 22.9 Å². The smallest absolute Gasteiger partial charge is 0.359 e. The van der Waals surface area contributed by atoms with Crippen molar-refractivity contribution < 1.29 is 14.3 Å². The van der Waals surface area contributed by atoms with Crippen LogP contribution in [0.25, 0.3) is 0 Å². The molecule has 154 valence electrons. The zero-order valence-corrected chi connectivity index (χ0v) is 16.8. The fourth-order valence-electron chi connectivity index (χ4n) is 3.66. The monoisotopic (exact) mass is 405 g/mol. The number of aryl methyl sites for hydroxylation is 2. The number of ether oxygens (including phenoxy) is 1. The summed E-state index contributed by atoms with van der Waals surface area (Å²) in [6, 6.07) is 10.1. The minimum Gasteiger partial charge on any atom is -0.461 e. The van der Waals surface area contributed by atoms with Gasteiger partial charge in [-0.25, -0.2) is 9.78 Å². The van der Waals surface area contributed by atoms with Crippen molar-refractivity contribution in [3.63, 3.8) is 0 Å². The number of benzene rings is 1. The number of carbonyl (C=O) groups is 2. The third-order valence-electron chi connectivity index (χ3n) is 5.13. The van der Waals surface area contributed by atoms with E-state index in [0.29, 0.717) is 26.1 Å². The molecule has 0 atom stereocenters. The molecule has 3 heterocycles. The van der Waals surface area contributed by atoms with E-state index >= 15 is 0 Å². The normalized spacial score (nSPS) is 13.0. The zero-order valence-electron chi connectivity index (χ0n) is 16.8. The molecule has 8 nitrogen and oxygen atoms in total. The third-order valence-corrected chi connectivity index (χ3v) is 5.13. The van der Waals surface area contributed by atoms with Crippen LogP contribution in [0.15, 0.2) is 48.9 Å². The van der Waals surface area contributed by atoms with Crippen LogP contribution >= 0.6 is 0 Å². The van der Waals surface area contributed by atoms with E-state index in [0.717, 1.165) is 17.7 Å². The molecule has 0 radical (unpaired) electrons. The highest BCUT2D eigenvalue weighted by Gasteiger charge is 2.31. The van der Waals surface area contributed by atoms with Gasteiger partial charge >= 0.3 is 5.97 Å². The van der Waals surface area contributed by atoms with Crippen LogP contribution in [-0.4, -0.2) is 49.7 Å². The van der Waals surface area contributed by atoms with Crippen LogP contribution in [0.1, 0.15) is 44.7 Å². The Morgan fingerprint density at radius 3 is 2.73 bits per heavy atom. The van der Waals surface area contributed by atoms with Crippen LogP contribution in [0.2, 0.25) is 0 Å².